The Morgan fingerprint density at radius 1 is 0.909 bits per heavy atom. The number of hydrazone groups is 1. The van der Waals surface area contributed by atoms with Crippen LogP contribution in [0.4, 0.5) is 0 Å². The average molecular weight is 289 g/mol. The van der Waals surface area contributed by atoms with E-state index in [1.165, 1.54) is 16.5 Å². The number of nitrogens with zero attached hydrogens (tertiary/aromatic N) is 3. The van der Waals surface area contributed by atoms with Crippen molar-refractivity contribution in [2.45, 2.75) is 0 Å². The van der Waals surface area contributed by atoms with Crippen LogP contribution in [0.3, 0.4) is 0 Å². The van der Waals surface area contributed by atoms with E-state index in [0.717, 1.165) is 11.1 Å². The number of aromatic nitrogens is 1. The predicted octanol–water partition coefficient (Wildman–Crippen LogP) is 3.41. The summed E-state index contributed by atoms with van der Waals surface area (Å²) >= 11 is 0. The molecular weight excluding hydrogens is 274 g/mol. The lowest BCUT2D eigenvalue weighted by molar-refractivity contribution is 1.26. The van der Waals surface area contributed by atoms with E-state index < -0.39 is 0 Å². The summed E-state index contributed by atoms with van der Waals surface area (Å²) in [6.45, 7) is 7.00. The summed E-state index contributed by atoms with van der Waals surface area (Å²) in [6.07, 6.45) is 3.59. The normalized spacial score (nSPS) is 9.45. The minimum Gasteiger partial charge on any atom is -0.361 e. The molecular formula is C17H15N5. The maximum atomic E-state index is 6.50. The minimum absolute atomic E-state index is 1.00. The molecule has 108 valence electrons. The van der Waals surface area contributed by atoms with Gasteiger partial charge in [-0.15, -0.1) is 0 Å². The second kappa shape index (κ2) is 8.57. The molecule has 0 bridgehead atoms. The Morgan fingerprint density at radius 2 is 1.55 bits per heavy atom. The summed E-state index contributed by atoms with van der Waals surface area (Å²) in [7, 11) is 0. The van der Waals surface area contributed by atoms with E-state index in [2.05, 4.69) is 59.6 Å². The van der Waals surface area contributed by atoms with Gasteiger partial charge in [-0.25, -0.2) is 10.5 Å². The number of fused-ring (bicyclic) bond motifs is 1. The van der Waals surface area contributed by atoms with Crippen LogP contribution in [0.25, 0.3) is 22.0 Å². The Morgan fingerprint density at radius 3 is 2.18 bits per heavy atom. The molecule has 5 heteroatoms. The Bertz CT molecular complexity index is 773. The van der Waals surface area contributed by atoms with Crippen LogP contribution in [0.5, 0.6) is 0 Å². The summed E-state index contributed by atoms with van der Waals surface area (Å²) < 4.78 is 0. The van der Waals surface area contributed by atoms with E-state index in [1.807, 2.05) is 18.3 Å². The van der Waals surface area contributed by atoms with Gasteiger partial charge >= 0.3 is 0 Å². The van der Waals surface area contributed by atoms with Crippen molar-refractivity contribution in [3.63, 3.8) is 0 Å². The first-order chi connectivity index (χ1) is 10.9. The molecule has 0 saturated carbocycles. The molecule has 1 aromatic heterocycles. The predicted molar refractivity (Wildman–Crippen MR) is 88.9 cm³/mol. The maximum Gasteiger partial charge on any atom is 0.0538 e. The van der Waals surface area contributed by atoms with Crippen LogP contribution in [0.15, 0.2) is 59.8 Å². The summed E-state index contributed by atoms with van der Waals surface area (Å²) in [5.74, 6) is 5.13. The SMILES string of the molecule is C#N.C#N.NN=Cc1ccc(-c2ccc3[nH]ccc3c2)cc1. The van der Waals surface area contributed by atoms with E-state index in [0.29, 0.717) is 0 Å². The van der Waals surface area contributed by atoms with Crippen LogP contribution in [-0.2, 0) is 0 Å². The monoisotopic (exact) mass is 289 g/mol. The average Bonchev–Trinajstić information content (AvgIpc) is 3.07. The van der Waals surface area contributed by atoms with Crippen LogP contribution < -0.4 is 5.84 Å². The van der Waals surface area contributed by atoms with Crippen molar-refractivity contribution < 1.29 is 0 Å². The lowest BCUT2D eigenvalue weighted by Crippen LogP contribution is -1.86. The molecule has 0 amide bonds. The van der Waals surface area contributed by atoms with Crippen molar-refractivity contribution in [1.82, 2.24) is 4.98 Å². The zero-order valence-electron chi connectivity index (χ0n) is 11.8. The number of aromatic amines is 1. The summed E-state index contributed by atoms with van der Waals surface area (Å²) in [5, 5.41) is 17.7. The molecule has 5 nitrogen and oxygen atoms in total. The van der Waals surface area contributed by atoms with Crippen LogP contribution in [-0.4, -0.2) is 11.2 Å². The highest BCUT2D eigenvalue weighted by Gasteiger charge is 2.00. The highest BCUT2D eigenvalue weighted by atomic mass is 15.1. The number of nitrogens with one attached hydrogen (secondary N) is 1. The molecule has 0 spiro atoms. The van der Waals surface area contributed by atoms with Gasteiger partial charge in [0.15, 0.2) is 0 Å². The van der Waals surface area contributed by atoms with E-state index in [-0.39, 0.29) is 0 Å². The van der Waals surface area contributed by atoms with Gasteiger partial charge in [0.05, 0.1) is 6.21 Å². The van der Waals surface area contributed by atoms with Gasteiger partial charge in [-0.3, -0.25) is 0 Å². The molecule has 22 heavy (non-hydrogen) atoms. The molecule has 0 aliphatic carbocycles. The zero-order valence-corrected chi connectivity index (χ0v) is 11.8. The molecule has 0 radical (unpaired) electrons. The van der Waals surface area contributed by atoms with Crippen molar-refractivity contribution in [1.29, 1.82) is 10.5 Å². The largest absolute Gasteiger partial charge is 0.361 e. The number of hydrogen-bond acceptors (Lipinski definition) is 4. The van der Waals surface area contributed by atoms with Crippen LogP contribution in [0.2, 0.25) is 0 Å². The smallest absolute Gasteiger partial charge is 0.0538 e. The second-order valence-corrected chi connectivity index (χ2v) is 4.18. The van der Waals surface area contributed by atoms with Gasteiger partial charge in [-0.05, 0) is 40.3 Å². The number of nitriles is 2. The van der Waals surface area contributed by atoms with Crippen LogP contribution in [0, 0.1) is 23.7 Å². The first-order valence-corrected chi connectivity index (χ1v) is 6.29. The van der Waals surface area contributed by atoms with Gasteiger partial charge in [-0.2, -0.15) is 5.10 Å². The molecule has 0 atom stereocenters. The Hall–Kier alpha value is -3.57. The first kappa shape index (κ1) is 16.5. The molecule has 3 rings (SSSR count). The highest BCUT2D eigenvalue weighted by Crippen LogP contribution is 2.23. The molecule has 0 saturated heterocycles. The third kappa shape index (κ3) is 3.72. The van der Waals surface area contributed by atoms with Crippen molar-refractivity contribution in [3.8, 4) is 24.3 Å². The third-order valence-corrected chi connectivity index (χ3v) is 3.02. The van der Waals surface area contributed by atoms with Crippen molar-refractivity contribution >= 4 is 17.1 Å². The molecule has 0 unspecified atom stereocenters. The number of hydrogen-bond donors (Lipinski definition) is 2. The summed E-state index contributed by atoms with van der Waals surface area (Å²) in [4.78, 5) is 3.19. The van der Waals surface area contributed by atoms with Gasteiger partial charge < -0.3 is 10.8 Å². The van der Waals surface area contributed by atoms with Gasteiger partial charge in [0.1, 0.15) is 0 Å². The van der Waals surface area contributed by atoms with Crippen molar-refractivity contribution in [2.24, 2.45) is 10.9 Å². The fraction of sp³-hybridized carbons (Fsp3) is 0. The maximum absolute atomic E-state index is 6.50. The number of H-pyrrole nitrogens is 1. The highest BCUT2D eigenvalue weighted by molar-refractivity contribution is 5.86. The second-order valence-electron chi connectivity index (χ2n) is 4.18. The molecule has 2 aromatic carbocycles. The van der Waals surface area contributed by atoms with Crippen molar-refractivity contribution in [2.75, 3.05) is 0 Å². The van der Waals surface area contributed by atoms with E-state index in [1.54, 1.807) is 6.21 Å². The van der Waals surface area contributed by atoms with E-state index in [4.69, 9.17) is 16.4 Å². The first-order valence-electron chi connectivity index (χ1n) is 6.29. The molecule has 1 heterocycles. The quantitative estimate of drug-likeness (QED) is 0.429. The molecule has 3 aromatic rings. The molecule has 0 aliphatic heterocycles. The van der Waals surface area contributed by atoms with E-state index in [9.17, 15) is 0 Å². The van der Waals surface area contributed by atoms with Gasteiger partial charge in [-0.1, -0.05) is 30.3 Å². The number of rotatable bonds is 2. The molecule has 0 fully saturated rings. The lowest BCUT2D eigenvalue weighted by atomic mass is 10.0. The number of nitrogens with two attached hydrogens (primary N) is 1. The minimum atomic E-state index is 1.00. The van der Waals surface area contributed by atoms with Crippen molar-refractivity contribution in [3.05, 3.63) is 60.3 Å². The summed E-state index contributed by atoms with van der Waals surface area (Å²) in [5.41, 5.74) is 4.56. The third-order valence-electron chi connectivity index (χ3n) is 3.02. The summed E-state index contributed by atoms with van der Waals surface area (Å²) in [6, 6.07) is 16.6. The molecule has 3 N–H and O–H groups in total. The fourth-order valence-electron chi connectivity index (χ4n) is 2.08. The van der Waals surface area contributed by atoms with E-state index >= 15 is 0 Å². The van der Waals surface area contributed by atoms with Gasteiger partial charge in [0, 0.05) is 24.9 Å². The lowest BCUT2D eigenvalue weighted by Gasteiger charge is -2.02. The Labute approximate surface area is 128 Å². The van der Waals surface area contributed by atoms with Gasteiger partial charge in [0.2, 0.25) is 0 Å². The molecule has 0 aliphatic rings. The number of benzene rings is 2. The Balaban J connectivity index is 0.000000561. The topological polar surface area (TPSA) is 102 Å². The fourth-order valence-corrected chi connectivity index (χ4v) is 2.08. The zero-order chi connectivity index (χ0) is 16.4. The van der Waals surface area contributed by atoms with Gasteiger partial charge in [0.25, 0.3) is 0 Å². The standard InChI is InChI=1S/C15H13N3.2CHN/c16-18-10-11-1-3-12(4-2-11)13-5-6-15-14(9-13)7-8-17-15;2*1-2/h1-10,17H,16H2;2*1H. The van der Waals surface area contributed by atoms with Crippen LogP contribution >= 0.6 is 0 Å². The Kier molecular flexibility index (Phi) is 6.42. The van der Waals surface area contributed by atoms with Crippen LogP contribution in [0.1, 0.15) is 5.56 Å².